The molecule has 0 aliphatic carbocycles. The van der Waals surface area contributed by atoms with Crippen molar-refractivity contribution in [2.75, 3.05) is 7.11 Å². The summed E-state index contributed by atoms with van der Waals surface area (Å²) >= 11 is 5.82. The Kier molecular flexibility index (Phi) is 5.06. The number of hydrogen-bond acceptors (Lipinski definition) is 3. The largest absolute Gasteiger partial charge is 0.493 e. The van der Waals surface area contributed by atoms with Crippen LogP contribution in [0.1, 0.15) is 5.56 Å². The summed E-state index contributed by atoms with van der Waals surface area (Å²) in [7, 11) is 1.51. The summed E-state index contributed by atoms with van der Waals surface area (Å²) in [5.74, 6) is -0.128. The Balaban J connectivity index is 2.16. The van der Waals surface area contributed by atoms with Gasteiger partial charge in [0, 0.05) is 11.4 Å². The maximum atomic E-state index is 11.4. The van der Waals surface area contributed by atoms with E-state index in [1.807, 2.05) is 0 Å². The molecule has 4 nitrogen and oxygen atoms in total. The minimum Gasteiger partial charge on any atom is -0.493 e. The van der Waals surface area contributed by atoms with E-state index in [1.54, 1.807) is 48.5 Å². The second-order valence-corrected chi connectivity index (χ2v) is 4.86. The zero-order valence-electron chi connectivity index (χ0n) is 11.5. The molecule has 0 fully saturated rings. The van der Waals surface area contributed by atoms with E-state index in [0.717, 1.165) is 5.56 Å². The molecule has 2 aromatic carbocycles. The lowest BCUT2D eigenvalue weighted by Gasteiger charge is -2.17. The quantitative estimate of drug-likeness (QED) is 0.888. The third kappa shape index (κ3) is 4.13. The van der Waals surface area contributed by atoms with Crippen LogP contribution in [0.25, 0.3) is 0 Å². The molecule has 0 unspecified atom stereocenters. The molecule has 1 N–H and O–H groups in total. The molecule has 1 atom stereocenters. The summed E-state index contributed by atoms with van der Waals surface area (Å²) in [6.45, 7) is 0. The Labute approximate surface area is 127 Å². The van der Waals surface area contributed by atoms with Crippen molar-refractivity contribution < 1.29 is 19.4 Å². The topological polar surface area (TPSA) is 55.8 Å². The average molecular weight is 307 g/mol. The van der Waals surface area contributed by atoms with Crippen LogP contribution in [0.5, 0.6) is 11.5 Å². The summed E-state index contributed by atoms with van der Waals surface area (Å²) in [5, 5.41) is 9.93. The third-order valence-corrected chi connectivity index (χ3v) is 3.20. The summed E-state index contributed by atoms with van der Waals surface area (Å²) in [6.07, 6.45) is -0.757. The Morgan fingerprint density at radius 1 is 1.14 bits per heavy atom. The fourth-order valence-corrected chi connectivity index (χ4v) is 2.01. The van der Waals surface area contributed by atoms with Gasteiger partial charge in [0.25, 0.3) is 0 Å². The summed E-state index contributed by atoms with van der Waals surface area (Å²) in [5.41, 5.74) is 0.835. The maximum Gasteiger partial charge on any atom is 0.345 e. The molecule has 0 aliphatic heterocycles. The van der Waals surface area contributed by atoms with E-state index in [0.29, 0.717) is 16.5 Å². The highest BCUT2D eigenvalue weighted by Crippen LogP contribution is 2.27. The van der Waals surface area contributed by atoms with E-state index >= 15 is 0 Å². The van der Waals surface area contributed by atoms with Crippen molar-refractivity contribution in [3.05, 3.63) is 59.1 Å². The van der Waals surface area contributed by atoms with Gasteiger partial charge in [0.15, 0.2) is 17.6 Å². The first kappa shape index (κ1) is 15.2. The van der Waals surface area contributed by atoms with Crippen molar-refractivity contribution in [2.24, 2.45) is 0 Å². The highest BCUT2D eigenvalue weighted by Gasteiger charge is 2.21. The number of halogens is 1. The van der Waals surface area contributed by atoms with E-state index < -0.39 is 12.1 Å². The Morgan fingerprint density at radius 3 is 2.33 bits per heavy atom. The predicted molar refractivity (Wildman–Crippen MR) is 80.2 cm³/mol. The molecule has 0 aromatic heterocycles. The zero-order chi connectivity index (χ0) is 15.2. The SMILES string of the molecule is COc1ccccc1O[C@@H](Cc1ccc(Cl)cc1)C(=O)O. The molecule has 5 heteroatoms. The Morgan fingerprint density at radius 2 is 1.76 bits per heavy atom. The molecule has 21 heavy (non-hydrogen) atoms. The smallest absolute Gasteiger partial charge is 0.345 e. The number of para-hydroxylation sites is 2. The number of carboxylic acids is 1. The number of ether oxygens (including phenoxy) is 2. The Hall–Kier alpha value is -2.20. The fraction of sp³-hybridized carbons (Fsp3) is 0.188. The second kappa shape index (κ2) is 6.99. The van der Waals surface area contributed by atoms with Crippen LogP contribution in [0.4, 0.5) is 0 Å². The van der Waals surface area contributed by atoms with Gasteiger partial charge in [-0.3, -0.25) is 0 Å². The lowest BCUT2D eigenvalue weighted by molar-refractivity contribution is -0.145. The van der Waals surface area contributed by atoms with Gasteiger partial charge in [0.1, 0.15) is 0 Å². The van der Waals surface area contributed by atoms with Crippen LogP contribution in [-0.2, 0) is 11.2 Å². The summed E-state index contributed by atoms with van der Waals surface area (Å²) in [4.78, 5) is 11.4. The van der Waals surface area contributed by atoms with Crippen molar-refractivity contribution >= 4 is 17.6 Å². The van der Waals surface area contributed by atoms with Crippen molar-refractivity contribution in [3.63, 3.8) is 0 Å². The van der Waals surface area contributed by atoms with Gasteiger partial charge in [-0.05, 0) is 29.8 Å². The first-order valence-corrected chi connectivity index (χ1v) is 6.75. The second-order valence-electron chi connectivity index (χ2n) is 4.43. The number of carbonyl (C=O) groups is 1. The van der Waals surface area contributed by atoms with E-state index in [4.69, 9.17) is 21.1 Å². The zero-order valence-corrected chi connectivity index (χ0v) is 12.2. The number of hydrogen-bond donors (Lipinski definition) is 1. The van der Waals surface area contributed by atoms with Crippen molar-refractivity contribution in [3.8, 4) is 11.5 Å². The monoisotopic (exact) mass is 306 g/mol. The van der Waals surface area contributed by atoms with E-state index in [2.05, 4.69) is 0 Å². The van der Waals surface area contributed by atoms with E-state index in [9.17, 15) is 9.90 Å². The van der Waals surface area contributed by atoms with Gasteiger partial charge in [0.2, 0.25) is 0 Å². The first-order chi connectivity index (χ1) is 10.1. The molecule has 0 saturated heterocycles. The van der Waals surface area contributed by atoms with Crippen molar-refractivity contribution in [1.82, 2.24) is 0 Å². The normalized spacial score (nSPS) is 11.7. The fourth-order valence-electron chi connectivity index (χ4n) is 1.88. The highest BCUT2D eigenvalue weighted by molar-refractivity contribution is 6.30. The molecule has 0 radical (unpaired) electrons. The van der Waals surface area contributed by atoms with Gasteiger partial charge in [-0.2, -0.15) is 0 Å². The highest BCUT2D eigenvalue weighted by atomic mass is 35.5. The maximum absolute atomic E-state index is 11.4. The minimum atomic E-state index is -1.03. The average Bonchev–Trinajstić information content (AvgIpc) is 2.49. The molecule has 0 heterocycles. The summed E-state index contributed by atoms with van der Waals surface area (Å²) < 4.78 is 10.7. The van der Waals surface area contributed by atoms with Gasteiger partial charge in [-0.1, -0.05) is 35.9 Å². The molecule has 110 valence electrons. The molecule has 0 bridgehead atoms. The van der Waals surface area contributed by atoms with Gasteiger partial charge < -0.3 is 14.6 Å². The number of benzene rings is 2. The molecule has 0 saturated carbocycles. The van der Waals surface area contributed by atoms with Crippen LogP contribution in [0, 0.1) is 0 Å². The van der Waals surface area contributed by atoms with Crippen LogP contribution in [0.2, 0.25) is 5.02 Å². The van der Waals surface area contributed by atoms with E-state index in [-0.39, 0.29) is 6.42 Å². The van der Waals surface area contributed by atoms with Crippen LogP contribution in [0.15, 0.2) is 48.5 Å². The molecule has 0 amide bonds. The third-order valence-electron chi connectivity index (χ3n) is 2.95. The standard InChI is InChI=1S/C16H15ClO4/c1-20-13-4-2-3-5-14(13)21-15(16(18)19)10-11-6-8-12(17)9-7-11/h2-9,15H,10H2,1H3,(H,18,19)/t15-/m0/s1. The van der Waals surface area contributed by atoms with Gasteiger partial charge >= 0.3 is 5.97 Å². The minimum absolute atomic E-state index is 0.241. The lowest BCUT2D eigenvalue weighted by Crippen LogP contribution is -2.29. The molecule has 2 aromatic rings. The van der Waals surface area contributed by atoms with Crippen LogP contribution >= 0.6 is 11.6 Å². The lowest BCUT2D eigenvalue weighted by atomic mass is 10.1. The number of carboxylic acid groups (broad SMARTS) is 1. The van der Waals surface area contributed by atoms with E-state index in [1.165, 1.54) is 7.11 Å². The Bertz CT molecular complexity index is 610. The number of aliphatic carboxylic acids is 1. The van der Waals surface area contributed by atoms with Crippen molar-refractivity contribution in [1.29, 1.82) is 0 Å². The first-order valence-electron chi connectivity index (χ1n) is 6.37. The molecule has 0 aliphatic rings. The molecule has 0 spiro atoms. The van der Waals surface area contributed by atoms with Crippen LogP contribution in [-0.4, -0.2) is 24.3 Å². The summed E-state index contributed by atoms with van der Waals surface area (Å²) in [6, 6.07) is 14.0. The van der Waals surface area contributed by atoms with Crippen LogP contribution in [0.3, 0.4) is 0 Å². The van der Waals surface area contributed by atoms with Gasteiger partial charge in [-0.15, -0.1) is 0 Å². The molecular formula is C16H15ClO4. The molecular weight excluding hydrogens is 292 g/mol. The van der Waals surface area contributed by atoms with Crippen LogP contribution < -0.4 is 9.47 Å². The van der Waals surface area contributed by atoms with Crippen molar-refractivity contribution in [2.45, 2.75) is 12.5 Å². The number of rotatable bonds is 6. The molecule has 2 rings (SSSR count). The van der Waals surface area contributed by atoms with Gasteiger partial charge in [-0.25, -0.2) is 4.79 Å². The number of methoxy groups -OCH3 is 1. The van der Waals surface area contributed by atoms with Gasteiger partial charge in [0.05, 0.1) is 7.11 Å². The predicted octanol–water partition coefficient (Wildman–Crippen LogP) is 3.42.